The van der Waals surface area contributed by atoms with Crippen LogP contribution in [0.3, 0.4) is 0 Å². The minimum atomic E-state index is -0.556. The lowest BCUT2D eigenvalue weighted by Gasteiger charge is -2.39. The van der Waals surface area contributed by atoms with E-state index in [0.29, 0.717) is 5.82 Å². The molecule has 0 amide bonds. The Bertz CT molecular complexity index is 3850. The molecule has 0 radical (unpaired) electrons. The molecule has 5 heteroatoms. The molecule has 1 spiro atoms. The van der Waals surface area contributed by atoms with Gasteiger partial charge in [-0.3, -0.25) is 0 Å². The third kappa shape index (κ3) is 4.93. The largest absolute Gasteiger partial charge is 0.457 e. The molecule has 0 bridgehead atoms. The van der Waals surface area contributed by atoms with E-state index in [4.69, 9.17) is 19.1 Å². The third-order valence-corrected chi connectivity index (χ3v) is 14.6. The normalized spacial score (nSPS) is 13.2. The van der Waals surface area contributed by atoms with Crippen molar-refractivity contribution in [2.24, 2.45) is 0 Å². The number of para-hydroxylation sites is 3. The Morgan fingerprint density at radius 1 is 0.406 bits per heavy atom. The number of rotatable bonds is 4. The molecule has 1 aliphatic heterocycles. The SMILES string of the molecule is c1ccc(-c2ccccc2-c2nc(-c3ccc4c(c3)oc3c(-c5ccc6c(c5)C5(c7ccccc7Oc7ccccc75)c5ccccc5-6)cccc34)c3sc4ccccc4c3n2)cc1. The summed E-state index contributed by atoms with van der Waals surface area (Å²) < 4.78 is 15.9. The van der Waals surface area contributed by atoms with Gasteiger partial charge in [0.1, 0.15) is 22.7 Å². The van der Waals surface area contributed by atoms with Gasteiger partial charge in [-0.15, -0.1) is 11.3 Å². The monoisotopic (exact) mass is 834 g/mol. The van der Waals surface area contributed by atoms with Gasteiger partial charge in [-0.2, -0.15) is 0 Å². The van der Waals surface area contributed by atoms with E-state index in [1.165, 1.54) is 27.0 Å². The van der Waals surface area contributed by atoms with Crippen LogP contribution in [0.15, 0.2) is 211 Å². The van der Waals surface area contributed by atoms with Crippen LogP contribution in [0.1, 0.15) is 22.3 Å². The highest BCUT2D eigenvalue weighted by atomic mass is 32.1. The van der Waals surface area contributed by atoms with Crippen molar-refractivity contribution < 1.29 is 9.15 Å². The molecular weight excluding hydrogens is 801 g/mol. The quantitative estimate of drug-likeness (QED) is 0.177. The van der Waals surface area contributed by atoms with Gasteiger partial charge in [-0.25, -0.2) is 9.97 Å². The van der Waals surface area contributed by atoms with Crippen LogP contribution in [0.2, 0.25) is 0 Å². The van der Waals surface area contributed by atoms with Crippen LogP contribution in [0.5, 0.6) is 11.5 Å². The first-order chi connectivity index (χ1) is 31.7. The number of furan rings is 1. The zero-order chi connectivity index (χ0) is 41.9. The van der Waals surface area contributed by atoms with Gasteiger partial charge in [0.15, 0.2) is 5.82 Å². The summed E-state index contributed by atoms with van der Waals surface area (Å²) in [5.74, 6) is 2.46. The molecule has 0 saturated carbocycles. The fourth-order valence-electron chi connectivity index (χ4n) is 10.6. The summed E-state index contributed by atoms with van der Waals surface area (Å²) in [5.41, 5.74) is 16.6. The van der Waals surface area contributed by atoms with Gasteiger partial charge in [0, 0.05) is 48.7 Å². The van der Waals surface area contributed by atoms with E-state index in [9.17, 15) is 0 Å². The molecule has 0 atom stereocenters. The van der Waals surface area contributed by atoms with Crippen LogP contribution in [0.25, 0.3) is 98.3 Å². The Kier molecular flexibility index (Phi) is 7.45. The molecule has 9 aromatic carbocycles. The Hall–Kier alpha value is -8.12. The molecule has 14 rings (SSSR count). The highest BCUT2D eigenvalue weighted by Gasteiger charge is 2.51. The summed E-state index contributed by atoms with van der Waals surface area (Å²) in [7, 11) is 0. The second-order valence-electron chi connectivity index (χ2n) is 16.7. The molecule has 0 unspecified atom stereocenters. The van der Waals surface area contributed by atoms with Gasteiger partial charge in [-0.05, 0) is 75.3 Å². The first-order valence-corrected chi connectivity index (χ1v) is 22.5. The molecule has 64 heavy (non-hydrogen) atoms. The lowest BCUT2D eigenvalue weighted by molar-refractivity contribution is 0.436. The minimum Gasteiger partial charge on any atom is -0.457 e. The number of thiophene rings is 1. The summed E-state index contributed by atoms with van der Waals surface area (Å²) in [6.45, 7) is 0. The molecule has 298 valence electrons. The van der Waals surface area contributed by atoms with Gasteiger partial charge < -0.3 is 9.15 Å². The Balaban J connectivity index is 0.958. The molecule has 0 N–H and O–H groups in total. The third-order valence-electron chi connectivity index (χ3n) is 13.4. The van der Waals surface area contributed by atoms with Crippen molar-refractivity contribution in [2.75, 3.05) is 0 Å². The standard InChI is InChI=1S/C59H34N2O2S/c1-2-15-35(16-3-1)38-17-4-5-19-44(38)58-60-54(57-55(61-58)45-20-7-13-28-53(45)64-57)37-30-32-42-43-22-14-21-39(56(43)63-52(42)34-37)36-29-31-41-40-18-6-8-23-46(40)59(49(41)33-36)47-24-9-11-26-50(47)62-51-27-12-10-25-48(51)59/h1-34H. The van der Waals surface area contributed by atoms with E-state index in [1.807, 2.05) is 6.07 Å². The summed E-state index contributed by atoms with van der Waals surface area (Å²) in [4.78, 5) is 10.7. The Morgan fingerprint density at radius 3 is 1.88 bits per heavy atom. The molecule has 0 fully saturated rings. The molecular formula is C59H34N2O2S. The molecule has 4 nitrogen and oxygen atoms in total. The number of hydrogen-bond donors (Lipinski definition) is 0. The average Bonchev–Trinajstić information content (AvgIpc) is 4.02. The van der Waals surface area contributed by atoms with Crippen molar-refractivity contribution in [3.8, 4) is 67.5 Å². The van der Waals surface area contributed by atoms with Gasteiger partial charge >= 0.3 is 0 Å². The molecule has 2 aliphatic rings. The average molecular weight is 835 g/mol. The fraction of sp³-hybridized carbons (Fsp3) is 0.0169. The van der Waals surface area contributed by atoms with Crippen LogP contribution in [-0.4, -0.2) is 9.97 Å². The lowest BCUT2D eigenvalue weighted by Crippen LogP contribution is -2.32. The van der Waals surface area contributed by atoms with E-state index in [2.05, 4.69) is 200 Å². The van der Waals surface area contributed by atoms with Crippen LogP contribution in [0, 0.1) is 0 Å². The van der Waals surface area contributed by atoms with Crippen molar-refractivity contribution in [3.05, 3.63) is 229 Å². The van der Waals surface area contributed by atoms with Crippen molar-refractivity contribution in [1.82, 2.24) is 9.97 Å². The maximum atomic E-state index is 7.03. The van der Waals surface area contributed by atoms with Gasteiger partial charge in [0.25, 0.3) is 0 Å². The zero-order valence-corrected chi connectivity index (χ0v) is 35.1. The summed E-state index contributed by atoms with van der Waals surface area (Å²) >= 11 is 1.74. The first-order valence-electron chi connectivity index (χ1n) is 21.6. The predicted molar refractivity (Wildman–Crippen MR) is 261 cm³/mol. The maximum Gasteiger partial charge on any atom is 0.161 e. The zero-order valence-electron chi connectivity index (χ0n) is 34.2. The second kappa shape index (κ2) is 13.4. The Morgan fingerprint density at radius 2 is 1.05 bits per heavy atom. The number of ether oxygens (including phenoxy) is 1. The topological polar surface area (TPSA) is 48.2 Å². The number of fused-ring (bicyclic) bond motifs is 15. The second-order valence-corrected chi connectivity index (χ2v) is 17.8. The molecule has 4 heterocycles. The highest BCUT2D eigenvalue weighted by molar-refractivity contribution is 7.26. The number of aromatic nitrogens is 2. The van der Waals surface area contributed by atoms with Crippen LogP contribution < -0.4 is 4.74 Å². The molecule has 3 aromatic heterocycles. The van der Waals surface area contributed by atoms with E-state index in [1.54, 1.807) is 11.3 Å². The lowest BCUT2D eigenvalue weighted by atomic mass is 9.66. The van der Waals surface area contributed by atoms with Crippen molar-refractivity contribution in [1.29, 1.82) is 0 Å². The van der Waals surface area contributed by atoms with E-state index in [0.717, 1.165) is 99.2 Å². The number of hydrogen-bond acceptors (Lipinski definition) is 5. The van der Waals surface area contributed by atoms with Gasteiger partial charge in [0.2, 0.25) is 0 Å². The molecule has 1 aliphatic carbocycles. The summed E-state index contributed by atoms with van der Waals surface area (Å²) in [6, 6.07) is 73.4. The van der Waals surface area contributed by atoms with Crippen LogP contribution in [0.4, 0.5) is 0 Å². The van der Waals surface area contributed by atoms with E-state index < -0.39 is 5.41 Å². The summed E-state index contributed by atoms with van der Waals surface area (Å²) in [5, 5.41) is 3.27. The predicted octanol–water partition coefficient (Wildman–Crippen LogP) is 15.9. The van der Waals surface area contributed by atoms with E-state index >= 15 is 0 Å². The van der Waals surface area contributed by atoms with Gasteiger partial charge in [0.05, 0.1) is 21.3 Å². The minimum absolute atomic E-state index is 0.556. The van der Waals surface area contributed by atoms with Crippen LogP contribution in [-0.2, 0) is 5.41 Å². The van der Waals surface area contributed by atoms with Gasteiger partial charge in [-0.1, -0.05) is 170 Å². The van der Waals surface area contributed by atoms with E-state index in [-0.39, 0.29) is 0 Å². The van der Waals surface area contributed by atoms with Crippen molar-refractivity contribution >= 4 is 53.6 Å². The molecule has 0 saturated heterocycles. The fourth-order valence-corrected chi connectivity index (χ4v) is 11.8. The highest BCUT2D eigenvalue weighted by Crippen LogP contribution is 2.62. The Labute approximate surface area is 372 Å². The summed E-state index contributed by atoms with van der Waals surface area (Å²) in [6.07, 6.45) is 0. The molecule has 12 aromatic rings. The van der Waals surface area contributed by atoms with Crippen LogP contribution >= 0.6 is 11.3 Å². The van der Waals surface area contributed by atoms with Crippen molar-refractivity contribution in [3.63, 3.8) is 0 Å². The number of benzene rings is 9. The number of nitrogens with zero attached hydrogens (tertiary/aromatic N) is 2. The first kappa shape index (κ1) is 35.5. The maximum absolute atomic E-state index is 7.03. The smallest absolute Gasteiger partial charge is 0.161 e. The van der Waals surface area contributed by atoms with Crippen molar-refractivity contribution in [2.45, 2.75) is 5.41 Å².